The number of alkyl halides is 3. The molecule has 0 radical (unpaired) electrons. The molecule has 4 aromatic rings. The molecule has 2 heterocycles. The molecule has 2 aromatic heterocycles. The Kier molecular flexibility index (Phi) is 9.87. The fourth-order valence-electron chi connectivity index (χ4n) is 4.51. The number of rotatable bonds is 12. The standard InChI is InChI=1S/C30H31F3N4O5S/c1-20-18-23(41-16-7-17-42-43(3,34)39)15-14-21(20)12-13-22-8-4-5-9-24(22)26-10-6-11-27(36-26)37-28(30(31,32)33)25(19-35-37)29(38)40-2/h4-6,8-11,14-15,18-19,34H,7,12-13,16-17H2,1-3H3. The molecule has 0 aliphatic heterocycles. The molecule has 0 aliphatic rings. The molecule has 13 heteroatoms. The molecule has 0 saturated heterocycles. The molecule has 1 N–H and O–H groups in total. The van der Waals surface area contributed by atoms with Crippen molar-refractivity contribution in [1.82, 2.24) is 14.8 Å². The van der Waals surface area contributed by atoms with E-state index in [0.29, 0.717) is 42.0 Å². The Hall–Kier alpha value is -4.23. The molecular formula is C30H31F3N4O5S. The number of esters is 1. The lowest BCUT2D eigenvalue weighted by Crippen LogP contribution is -2.18. The molecule has 43 heavy (non-hydrogen) atoms. The van der Waals surface area contributed by atoms with E-state index in [1.807, 2.05) is 49.4 Å². The molecule has 9 nitrogen and oxygen atoms in total. The van der Waals surface area contributed by atoms with Crippen LogP contribution in [-0.2, 0) is 37.9 Å². The third-order valence-corrected chi connectivity index (χ3v) is 7.15. The van der Waals surface area contributed by atoms with Gasteiger partial charge in [-0.15, -0.1) is 0 Å². The van der Waals surface area contributed by atoms with Gasteiger partial charge in [-0.25, -0.2) is 23.4 Å². The van der Waals surface area contributed by atoms with Gasteiger partial charge in [0.25, 0.3) is 0 Å². The molecule has 2 aromatic carbocycles. The molecule has 0 bridgehead atoms. The van der Waals surface area contributed by atoms with Crippen LogP contribution < -0.4 is 4.74 Å². The first-order chi connectivity index (χ1) is 20.4. The maximum Gasteiger partial charge on any atom is 0.434 e. The van der Waals surface area contributed by atoms with Crippen molar-refractivity contribution >= 4 is 16.0 Å². The highest BCUT2D eigenvalue weighted by Crippen LogP contribution is 2.34. The highest BCUT2D eigenvalue weighted by molar-refractivity contribution is 7.87. The average molecular weight is 617 g/mol. The van der Waals surface area contributed by atoms with Crippen LogP contribution >= 0.6 is 0 Å². The van der Waals surface area contributed by atoms with Gasteiger partial charge in [0.05, 0.1) is 32.2 Å². The summed E-state index contributed by atoms with van der Waals surface area (Å²) >= 11 is 0. The Morgan fingerprint density at radius 3 is 2.47 bits per heavy atom. The van der Waals surface area contributed by atoms with Crippen molar-refractivity contribution in [2.24, 2.45) is 0 Å². The average Bonchev–Trinajstić information content (AvgIpc) is 3.42. The van der Waals surface area contributed by atoms with Gasteiger partial charge in [0.15, 0.2) is 21.5 Å². The minimum Gasteiger partial charge on any atom is -0.493 e. The van der Waals surface area contributed by atoms with Crippen LogP contribution in [0.2, 0.25) is 0 Å². The molecule has 0 amide bonds. The van der Waals surface area contributed by atoms with E-state index in [9.17, 15) is 22.2 Å². The summed E-state index contributed by atoms with van der Waals surface area (Å²) in [5.74, 6) is -0.535. The summed E-state index contributed by atoms with van der Waals surface area (Å²) in [5, 5.41) is 3.81. The maximum atomic E-state index is 13.9. The van der Waals surface area contributed by atoms with E-state index in [2.05, 4.69) is 14.8 Å². The molecule has 0 spiro atoms. The molecule has 0 aliphatic carbocycles. The summed E-state index contributed by atoms with van der Waals surface area (Å²) in [4.78, 5) is 16.5. The Balaban J connectivity index is 1.50. The van der Waals surface area contributed by atoms with Gasteiger partial charge in [0.1, 0.15) is 11.3 Å². The van der Waals surface area contributed by atoms with E-state index in [-0.39, 0.29) is 12.4 Å². The van der Waals surface area contributed by atoms with Gasteiger partial charge in [0.2, 0.25) is 0 Å². The zero-order chi connectivity index (χ0) is 31.2. The number of pyridine rings is 1. The molecule has 0 saturated carbocycles. The maximum absolute atomic E-state index is 13.9. The minimum atomic E-state index is -4.87. The van der Waals surface area contributed by atoms with Crippen molar-refractivity contribution in [3.05, 3.63) is 94.8 Å². The highest BCUT2D eigenvalue weighted by atomic mass is 32.2. The largest absolute Gasteiger partial charge is 0.493 e. The van der Waals surface area contributed by atoms with Crippen LogP contribution in [0.3, 0.4) is 0 Å². The zero-order valence-corrected chi connectivity index (χ0v) is 24.6. The monoisotopic (exact) mass is 616 g/mol. The van der Waals surface area contributed by atoms with Gasteiger partial charge in [-0.3, -0.25) is 4.18 Å². The Morgan fingerprint density at radius 2 is 1.77 bits per heavy atom. The van der Waals surface area contributed by atoms with E-state index in [1.54, 1.807) is 12.1 Å². The SMILES string of the molecule is COC(=O)c1cnn(-c2cccc(-c3ccccc3CCc3ccc(OCCCOS(C)(=N)=O)cc3C)n2)c1C(F)(F)F. The summed E-state index contributed by atoms with van der Waals surface area (Å²) in [6.07, 6.45) is -0.976. The van der Waals surface area contributed by atoms with E-state index in [0.717, 1.165) is 35.6 Å². The Bertz CT molecular complexity index is 1700. The van der Waals surface area contributed by atoms with Crippen LogP contribution in [0, 0.1) is 11.7 Å². The Morgan fingerprint density at radius 1 is 1.02 bits per heavy atom. The number of aromatic nitrogens is 3. The zero-order valence-electron chi connectivity index (χ0n) is 23.8. The molecule has 4 rings (SSSR count). The lowest BCUT2D eigenvalue weighted by Gasteiger charge is -2.14. The van der Waals surface area contributed by atoms with Crippen molar-refractivity contribution in [3.63, 3.8) is 0 Å². The van der Waals surface area contributed by atoms with Crippen LogP contribution in [0.25, 0.3) is 17.1 Å². The normalized spacial score (nSPS) is 13.0. The number of nitrogens with zero attached hydrogens (tertiary/aromatic N) is 3. The smallest absolute Gasteiger partial charge is 0.434 e. The number of aryl methyl sites for hydroxylation is 3. The van der Waals surface area contributed by atoms with Crippen molar-refractivity contribution < 1.29 is 35.8 Å². The van der Waals surface area contributed by atoms with Gasteiger partial charge in [-0.2, -0.15) is 18.3 Å². The summed E-state index contributed by atoms with van der Waals surface area (Å²) in [6, 6.07) is 18.0. The van der Waals surface area contributed by atoms with Gasteiger partial charge >= 0.3 is 12.1 Å². The third-order valence-electron chi connectivity index (χ3n) is 6.53. The number of hydrogen-bond donors (Lipinski definition) is 1. The second-order valence-electron chi connectivity index (χ2n) is 9.73. The summed E-state index contributed by atoms with van der Waals surface area (Å²) < 4.78 is 76.1. The predicted molar refractivity (Wildman–Crippen MR) is 155 cm³/mol. The summed E-state index contributed by atoms with van der Waals surface area (Å²) in [7, 11) is -1.97. The van der Waals surface area contributed by atoms with Gasteiger partial charge in [-0.1, -0.05) is 36.4 Å². The van der Waals surface area contributed by atoms with Crippen molar-refractivity contribution in [2.75, 3.05) is 26.6 Å². The number of hydrogen-bond acceptors (Lipinski definition) is 8. The number of halogens is 3. The third kappa shape index (κ3) is 8.20. The highest BCUT2D eigenvalue weighted by Gasteiger charge is 2.41. The van der Waals surface area contributed by atoms with Gasteiger partial charge < -0.3 is 9.47 Å². The van der Waals surface area contributed by atoms with Crippen LogP contribution in [0.5, 0.6) is 5.75 Å². The van der Waals surface area contributed by atoms with E-state index >= 15 is 0 Å². The molecule has 1 atom stereocenters. The fraction of sp³-hybridized carbons (Fsp3) is 0.300. The van der Waals surface area contributed by atoms with Gasteiger partial charge in [-0.05, 0) is 60.7 Å². The summed E-state index contributed by atoms with van der Waals surface area (Å²) in [6.45, 7) is 2.52. The number of nitrogens with one attached hydrogen (secondary N) is 1. The Labute approximate surface area is 247 Å². The molecule has 1 unspecified atom stereocenters. The number of benzene rings is 2. The van der Waals surface area contributed by atoms with E-state index < -0.39 is 33.4 Å². The van der Waals surface area contributed by atoms with Crippen molar-refractivity contribution in [1.29, 1.82) is 4.78 Å². The topological polar surface area (TPSA) is 116 Å². The second kappa shape index (κ2) is 13.4. The van der Waals surface area contributed by atoms with Crippen LogP contribution in [0.15, 0.2) is 66.9 Å². The van der Waals surface area contributed by atoms with Crippen LogP contribution in [0.4, 0.5) is 13.2 Å². The lowest BCUT2D eigenvalue weighted by molar-refractivity contribution is -0.143. The predicted octanol–water partition coefficient (Wildman–Crippen LogP) is 6.21. The van der Waals surface area contributed by atoms with E-state index in [4.69, 9.17) is 13.7 Å². The van der Waals surface area contributed by atoms with E-state index in [1.165, 1.54) is 12.3 Å². The first-order valence-corrected chi connectivity index (χ1v) is 15.2. The number of carbonyl (C=O) groups excluding carboxylic acids is 1. The lowest BCUT2D eigenvalue weighted by atomic mass is 9.96. The molecule has 0 fully saturated rings. The first kappa shape index (κ1) is 31.7. The molecule has 228 valence electrons. The fourth-order valence-corrected chi connectivity index (χ4v) is 4.94. The number of carbonyl (C=O) groups is 1. The van der Waals surface area contributed by atoms with Crippen LogP contribution in [-0.4, -0.2) is 51.5 Å². The minimum absolute atomic E-state index is 0.0873. The van der Waals surface area contributed by atoms with Crippen molar-refractivity contribution in [3.8, 4) is 22.8 Å². The second-order valence-corrected chi connectivity index (χ2v) is 11.5. The van der Waals surface area contributed by atoms with Crippen molar-refractivity contribution in [2.45, 2.75) is 32.4 Å². The van der Waals surface area contributed by atoms with Crippen LogP contribution in [0.1, 0.15) is 39.2 Å². The molecular weight excluding hydrogens is 585 g/mol. The summed E-state index contributed by atoms with van der Waals surface area (Å²) in [5.41, 5.74) is 2.38. The number of methoxy groups -OCH3 is 1. The first-order valence-electron chi connectivity index (χ1n) is 13.3. The van der Waals surface area contributed by atoms with Gasteiger partial charge in [0, 0.05) is 18.2 Å². The quantitative estimate of drug-likeness (QED) is 0.149. The number of ether oxygens (including phenoxy) is 2.